The Morgan fingerprint density at radius 2 is 2.12 bits per heavy atom. The highest BCUT2D eigenvalue weighted by Gasteiger charge is 2.16. The monoisotopic (exact) mass is 355 g/mol. The normalized spacial score (nSPS) is 14.7. The van der Waals surface area contributed by atoms with Crippen molar-refractivity contribution in [1.29, 1.82) is 0 Å². The molecule has 0 aromatic carbocycles. The second-order valence-corrected chi connectivity index (χ2v) is 7.67. The fraction of sp³-hybridized carbons (Fsp3) is 0.524. The average Bonchev–Trinajstić information content (AvgIpc) is 2.96. The Hall–Kier alpha value is -2.30. The third-order valence-corrected chi connectivity index (χ3v) is 5.09. The van der Waals surface area contributed by atoms with Crippen LogP contribution in [0.3, 0.4) is 0 Å². The minimum Gasteiger partial charge on any atom is -0.350 e. The molecule has 1 N–H and O–H groups in total. The Morgan fingerprint density at radius 3 is 2.81 bits per heavy atom. The van der Waals surface area contributed by atoms with E-state index >= 15 is 0 Å². The van der Waals surface area contributed by atoms with E-state index in [9.17, 15) is 9.59 Å². The van der Waals surface area contributed by atoms with Crippen molar-refractivity contribution in [3.8, 4) is 0 Å². The number of hydrogen-bond acceptors (Lipinski definition) is 2. The summed E-state index contributed by atoms with van der Waals surface area (Å²) in [7, 11) is 1.84. The van der Waals surface area contributed by atoms with Gasteiger partial charge in [-0.3, -0.25) is 9.59 Å². The van der Waals surface area contributed by atoms with Crippen LogP contribution in [0.25, 0.3) is 10.9 Å². The third kappa shape index (κ3) is 3.92. The van der Waals surface area contributed by atoms with Crippen LogP contribution in [0.1, 0.15) is 56.4 Å². The molecule has 0 atom stereocenters. The number of carbonyl (C=O) groups excluding carboxylic acids is 1. The van der Waals surface area contributed by atoms with E-state index in [1.165, 1.54) is 18.4 Å². The van der Waals surface area contributed by atoms with Gasteiger partial charge in [0.05, 0.1) is 10.9 Å². The molecule has 26 heavy (non-hydrogen) atoms. The zero-order valence-electron chi connectivity index (χ0n) is 16.0. The van der Waals surface area contributed by atoms with Crippen molar-refractivity contribution in [2.45, 2.75) is 52.5 Å². The van der Waals surface area contributed by atoms with Gasteiger partial charge >= 0.3 is 0 Å². The maximum atomic E-state index is 12.7. The topological polar surface area (TPSA) is 56.0 Å². The second-order valence-electron chi connectivity index (χ2n) is 7.67. The molecular formula is C21H29N3O2. The smallest absolute Gasteiger partial charge is 0.267 e. The number of hydrogen-bond donors (Lipinski definition) is 1. The number of nitrogens with zero attached hydrogens (tertiary/aromatic N) is 2. The first-order chi connectivity index (χ1) is 12.5. The minimum atomic E-state index is -0.116. The van der Waals surface area contributed by atoms with E-state index in [0.717, 1.165) is 24.8 Å². The number of nitrogens with one attached hydrogen (secondary N) is 1. The van der Waals surface area contributed by atoms with Crippen molar-refractivity contribution in [2.75, 3.05) is 6.54 Å². The highest BCUT2D eigenvalue weighted by atomic mass is 16.2. The van der Waals surface area contributed by atoms with E-state index in [2.05, 4.69) is 25.2 Å². The van der Waals surface area contributed by atoms with Crippen LogP contribution in [0.2, 0.25) is 0 Å². The number of carbonyl (C=O) groups is 1. The summed E-state index contributed by atoms with van der Waals surface area (Å²) in [6.45, 7) is 5.49. The van der Waals surface area contributed by atoms with Crippen molar-refractivity contribution >= 4 is 16.8 Å². The van der Waals surface area contributed by atoms with Crippen LogP contribution < -0.4 is 10.9 Å². The first-order valence-electron chi connectivity index (χ1n) is 9.62. The van der Waals surface area contributed by atoms with E-state index in [1.807, 2.05) is 23.9 Å². The molecule has 1 aliphatic rings. The molecule has 0 fully saturated rings. The molecule has 0 aliphatic heterocycles. The average molecular weight is 355 g/mol. The maximum Gasteiger partial charge on any atom is 0.267 e. The van der Waals surface area contributed by atoms with Gasteiger partial charge in [-0.1, -0.05) is 25.5 Å². The van der Waals surface area contributed by atoms with Gasteiger partial charge in [0.15, 0.2) is 0 Å². The summed E-state index contributed by atoms with van der Waals surface area (Å²) < 4.78 is 3.54. The summed E-state index contributed by atoms with van der Waals surface area (Å²) in [6.07, 6.45) is 9.89. The van der Waals surface area contributed by atoms with Crippen LogP contribution in [-0.2, 0) is 13.6 Å². The standard InChI is InChI=1S/C21H29N3O2/c1-15(2)14-24-12-10-18-17(21(24)26)13-19(23(18)3)20(25)22-11-9-16-7-5-4-6-8-16/h7,10,12-13,15H,4-6,8-9,11,14H2,1-3H3,(H,22,25). The molecule has 0 bridgehead atoms. The number of allylic oxidation sites excluding steroid dienone is 1. The number of rotatable bonds is 6. The summed E-state index contributed by atoms with van der Waals surface area (Å²) in [4.78, 5) is 25.3. The van der Waals surface area contributed by atoms with Crippen LogP contribution in [0.4, 0.5) is 0 Å². The van der Waals surface area contributed by atoms with Crippen molar-refractivity contribution in [2.24, 2.45) is 13.0 Å². The Bertz CT molecular complexity index is 887. The van der Waals surface area contributed by atoms with Gasteiger partial charge < -0.3 is 14.5 Å². The van der Waals surface area contributed by atoms with Gasteiger partial charge in [-0.2, -0.15) is 0 Å². The zero-order valence-corrected chi connectivity index (χ0v) is 16.0. The Kier molecular flexibility index (Phi) is 5.64. The summed E-state index contributed by atoms with van der Waals surface area (Å²) >= 11 is 0. The molecule has 140 valence electrons. The van der Waals surface area contributed by atoms with Gasteiger partial charge in [0.1, 0.15) is 5.69 Å². The van der Waals surface area contributed by atoms with Crippen LogP contribution in [0.5, 0.6) is 0 Å². The van der Waals surface area contributed by atoms with Gasteiger partial charge in [0.2, 0.25) is 0 Å². The lowest BCUT2D eigenvalue weighted by atomic mass is 9.97. The van der Waals surface area contributed by atoms with Crippen molar-refractivity contribution in [3.63, 3.8) is 0 Å². The number of pyridine rings is 1. The van der Waals surface area contributed by atoms with Crippen LogP contribution in [0.15, 0.2) is 34.8 Å². The molecule has 5 nitrogen and oxygen atoms in total. The molecule has 1 amide bonds. The Balaban J connectivity index is 1.75. The molecule has 0 saturated carbocycles. The van der Waals surface area contributed by atoms with Crippen LogP contribution >= 0.6 is 0 Å². The molecule has 2 heterocycles. The van der Waals surface area contributed by atoms with Gasteiger partial charge in [-0.15, -0.1) is 0 Å². The quantitative estimate of drug-likeness (QED) is 0.805. The summed E-state index contributed by atoms with van der Waals surface area (Å²) in [5.74, 6) is 0.278. The van der Waals surface area contributed by atoms with Gasteiger partial charge in [-0.05, 0) is 50.2 Å². The largest absolute Gasteiger partial charge is 0.350 e. The molecule has 0 saturated heterocycles. The second kappa shape index (κ2) is 7.94. The molecule has 0 unspecified atom stereocenters. The van der Waals surface area contributed by atoms with Crippen molar-refractivity contribution < 1.29 is 4.79 Å². The third-order valence-electron chi connectivity index (χ3n) is 5.09. The van der Waals surface area contributed by atoms with Gasteiger partial charge in [0.25, 0.3) is 11.5 Å². The summed E-state index contributed by atoms with van der Waals surface area (Å²) in [5.41, 5.74) is 2.76. The first-order valence-corrected chi connectivity index (χ1v) is 9.62. The van der Waals surface area contributed by atoms with E-state index in [4.69, 9.17) is 0 Å². The lowest BCUT2D eigenvalue weighted by Crippen LogP contribution is -2.26. The van der Waals surface area contributed by atoms with E-state index in [1.54, 1.807) is 10.6 Å². The predicted molar refractivity (Wildman–Crippen MR) is 106 cm³/mol. The van der Waals surface area contributed by atoms with E-state index < -0.39 is 0 Å². The maximum absolute atomic E-state index is 12.7. The zero-order chi connectivity index (χ0) is 18.7. The summed E-state index contributed by atoms with van der Waals surface area (Å²) in [5, 5.41) is 3.61. The SMILES string of the molecule is CC(C)Cn1ccc2c(cc(C(=O)NCCC3=CCCCC3)n2C)c1=O. The summed E-state index contributed by atoms with van der Waals surface area (Å²) in [6, 6.07) is 3.65. The fourth-order valence-corrected chi connectivity index (χ4v) is 3.69. The van der Waals surface area contributed by atoms with E-state index in [0.29, 0.717) is 30.1 Å². The number of fused-ring (bicyclic) bond motifs is 1. The Morgan fingerprint density at radius 1 is 1.31 bits per heavy atom. The van der Waals surface area contributed by atoms with Gasteiger partial charge in [-0.25, -0.2) is 0 Å². The Labute approximate surface area is 154 Å². The van der Waals surface area contributed by atoms with Crippen molar-refractivity contribution in [3.05, 3.63) is 46.0 Å². The molecule has 0 spiro atoms. The molecule has 2 aromatic rings. The molecular weight excluding hydrogens is 326 g/mol. The molecule has 3 rings (SSSR count). The highest BCUT2D eigenvalue weighted by molar-refractivity contribution is 5.98. The van der Waals surface area contributed by atoms with Crippen LogP contribution in [0, 0.1) is 5.92 Å². The lowest BCUT2D eigenvalue weighted by Gasteiger charge is -2.13. The number of amides is 1. The molecule has 2 aromatic heterocycles. The van der Waals surface area contributed by atoms with E-state index in [-0.39, 0.29) is 11.5 Å². The predicted octanol–water partition coefficient (Wildman–Crippen LogP) is 3.62. The fourth-order valence-electron chi connectivity index (χ4n) is 3.69. The molecule has 1 aliphatic carbocycles. The minimum absolute atomic E-state index is 0.0294. The first kappa shape index (κ1) is 18.5. The molecule has 0 radical (unpaired) electrons. The number of aromatic nitrogens is 2. The van der Waals surface area contributed by atoms with Crippen molar-refractivity contribution in [1.82, 2.24) is 14.5 Å². The number of aryl methyl sites for hydroxylation is 1. The molecule has 5 heteroatoms. The lowest BCUT2D eigenvalue weighted by molar-refractivity contribution is 0.0946. The van der Waals surface area contributed by atoms with Crippen LogP contribution in [-0.4, -0.2) is 21.6 Å². The van der Waals surface area contributed by atoms with Gasteiger partial charge in [0, 0.05) is 26.3 Å². The highest BCUT2D eigenvalue weighted by Crippen LogP contribution is 2.20.